The third kappa shape index (κ3) is 1.53. The fourth-order valence-corrected chi connectivity index (χ4v) is 1.05. The van der Waals surface area contributed by atoms with E-state index in [1.54, 1.807) is 12.1 Å². The normalized spacial score (nSPS) is 11.9. The summed E-state index contributed by atoms with van der Waals surface area (Å²) in [6.07, 6.45) is -1.06. The Morgan fingerprint density at radius 2 is 2.00 bits per heavy atom. The van der Waals surface area contributed by atoms with Gasteiger partial charge in [0, 0.05) is 6.20 Å². The van der Waals surface area contributed by atoms with E-state index in [2.05, 4.69) is 9.97 Å². The molecule has 0 amide bonds. The van der Waals surface area contributed by atoms with E-state index >= 15 is 0 Å². The molecule has 0 aliphatic rings. The topological polar surface area (TPSA) is 25.8 Å². The summed E-state index contributed by atoms with van der Waals surface area (Å²) in [6, 6.07) is 4.12. The van der Waals surface area contributed by atoms with Crippen LogP contribution < -0.4 is 0 Å². The monoisotopic (exact) mass is 197 g/mol. The van der Waals surface area contributed by atoms with Gasteiger partial charge in [-0.25, -0.2) is 4.98 Å². The molecule has 71 valence electrons. The van der Waals surface area contributed by atoms with E-state index in [9.17, 15) is 13.2 Å². The van der Waals surface area contributed by atoms with Gasteiger partial charge in [0.15, 0.2) is 0 Å². The van der Waals surface area contributed by atoms with E-state index in [1.807, 2.05) is 6.20 Å². The van der Waals surface area contributed by atoms with Crippen LogP contribution in [0.15, 0.2) is 24.4 Å². The van der Waals surface area contributed by atoms with Crippen LogP contribution in [0.2, 0.25) is 0 Å². The van der Waals surface area contributed by atoms with Crippen LogP contribution in [0.4, 0.5) is 13.2 Å². The summed E-state index contributed by atoms with van der Waals surface area (Å²) in [5, 5.41) is 0. The van der Waals surface area contributed by atoms with Crippen molar-refractivity contribution in [3.63, 3.8) is 0 Å². The highest BCUT2D eigenvalue weighted by atomic mass is 19.4. The standard InChI is InChI=1S/C9H4F3N2/c10-9(11,12)6-4-8-7(14-5-6)2-1-3-13-8/h1-4H. The van der Waals surface area contributed by atoms with Gasteiger partial charge in [0.05, 0.1) is 16.6 Å². The molecule has 0 saturated heterocycles. The van der Waals surface area contributed by atoms with Crippen molar-refractivity contribution < 1.29 is 13.2 Å². The van der Waals surface area contributed by atoms with Crippen molar-refractivity contribution in [2.75, 3.05) is 0 Å². The van der Waals surface area contributed by atoms with Crippen molar-refractivity contribution >= 4 is 11.0 Å². The first-order valence-electron chi connectivity index (χ1n) is 3.78. The maximum absolute atomic E-state index is 12.2. The quantitative estimate of drug-likeness (QED) is 0.648. The zero-order chi connectivity index (χ0) is 10.2. The first-order valence-corrected chi connectivity index (χ1v) is 3.78. The van der Waals surface area contributed by atoms with Gasteiger partial charge in [-0.15, -0.1) is 0 Å². The molecule has 2 heterocycles. The van der Waals surface area contributed by atoms with Gasteiger partial charge >= 0.3 is 6.18 Å². The average Bonchev–Trinajstić information content (AvgIpc) is 2.16. The lowest BCUT2D eigenvalue weighted by Gasteiger charge is -2.05. The first-order chi connectivity index (χ1) is 6.57. The summed E-state index contributed by atoms with van der Waals surface area (Å²) in [4.78, 5) is 7.31. The molecule has 0 unspecified atom stereocenters. The van der Waals surface area contributed by atoms with E-state index in [0.29, 0.717) is 5.52 Å². The molecule has 0 atom stereocenters. The molecule has 2 aromatic heterocycles. The molecule has 0 aromatic carbocycles. The highest BCUT2D eigenvalue weighted by molar-refractivity contribution is 5.73. The summed E-state index contributed by atoms with van der Waals surface area (Å²) in [5.41, 5.74) is -0.275. The Labute approximate surface area is 77.4 Å². The van der Waals surface area contributed by atoms with Gasteiger partial charge in [0.1, 0.15) is 6.20 Å². The Morgan fingerprint density at radius 1 is 1.21 bits per heavy atom. The predicted octanol–water partition coefficient (Wildman–Crippen LogP) is 2.45. The van der Waals surface area contributed by atoms with Crippen LogP contribution in [0.1, 0.15) is 5.56 Å². The molecule has 2 aromatic rings. The van der Waals surface area contributed by atoms with Gasteiger partial charge in [-0.2, -0.15) is 13.2 Å². The number of hydrogen-bond donors (Lipinski definition) is 0. The minimum absolute atomic E-state index is 0.221. The summed E-state index contributed by atoms with van der Waals surface area (Å²) in [7, 11) is 0. The zero-order valence-corrected chi connectivity index (χ0v) is 6.84. The van der Waals surface area contributed by atoms with Crippen molar-refractivity contribution in [1.29, 1.82) is 0 Å². The molecule has 14 heavy (non-hydrogen) atoms. The van der Waals surface area contributed by atoms with Crippen LogP contribution in [-0.2, 0) is 6.18 Å². The molecule has 0 saturated carbocycles. The van der Waals surface area contributed by atoms with Gasteiger partial charge < -0.3 is 0 Å². The number of nitrogens with zero attached hydrogens (tertiary/aromatic N) is 2. The Bertz CT molecular complexity index is 465. The van der Waals surface area contributed by atoms with Crippen molar-refractivity contribution in [2.45, 2.75) is 6.18 Å². The molecular weight excluding hydrogens is 193 g/mol. The smallest absolute Gasteiger partial charge is 0.255 e. The van der Waals surface area contributed by atoms with E-state index in [1.165, 1.54) is 6.20 Å². The van der Waals surface area contributed by atoms with Crippen molar-refractivity contribution in [3.05, 3.63) is 36.2 Å². The van der Waals surface area contributed by atoms with E-state index in [-0.39, 0.29) is 5.52 Å². The molecule has 2 nitrogen and oxygen atoms in total. The Hall–Kier alpha value is -1.65. The minimum Gasteiger partial charge on any atom is -0.255 e. The second kappa shape index (κ2) is 2.94. The predicted molar refractivity (Wildman–Crippen MR) is 43.4 cm³/mol. The maximum Gasteiger partial charge on any atom is 0.418 e. The van der Waals surface area contributed by atoms with Crippen LogP contribution in [0.25, 0.3) is 11.0 Å². The maximum atomic E-state index is 12.2. The van der Waals surface area contributed by atoms with Crippen LogP contribution in [0.5, 0.6) is 0 Å². The van der Waals surface area contributed by atoms with Crippen LogP contribution >= 0.6 is 0 Å². The SMILES string of the molecule is FC(F)(F)c1[c]nc2cccnc2c1. The molecule has 0 bridgehead atoms. The fraction of sp³-hybridized carbons (Fsp3) is 0.111. The number of fused-ring (bicyclic) bond motifs is 1. The molecule has 0 spiro atoms. The first kappa shape index (κ1) is 8.93. The fourth-order valence-electron chi connectivity index (χ4n) is 1.05. The van der Waals surface area contributed by atoms with Crippen molar-refractivity contribution in [1.82, 2.24) is 9.97 Å². The highest BCUT2D eigenvalue weighted by Gasteiger charge is 2.31. The second-order valence-corrected chi connectivity index (χ2v) is 2.69. The molecule has 1 radical (unpaired) electrons. The van der Waals surface area contributed by atoms with E-state index in [4.69, 9.17) is 0 Å². The number of halogens is 3. The lowest BCUT2D eigenvalue weighted by Crippen LogP contribution is -2.05. The third-order valence-corrected chi connectivity index (χ3v) is 1.70. The summed E-state index contributed by atoms with van der Waals surface area (Å²) < 4.78 is 36.7. The van der Waals surface area contributed by atoms with Gasteiger partial charge in [-0.3, -0.25) is 4.98 Å². The highest BCUT2D eigenvalue weighted by Crippen LogP contribution is 2.29. The minimum atomic E-state index is -4.42. The van der Waals surface area contributed by atoms with E-state index in [0.717, 1.165) is 6.07 Å². The van der Waals surface area contributed by atoms with E-state index < -0.39 is 11.7 Å². The Morgan fingerprint density at radius 3 is 2.71 bits per heavy atom. The molecule has 0 N–H and O–H groups in total. The summed E-state index contributed by atoms with van der Waals surface area (Å²) >= 11 is 0. The van der Waals surface area contributed by atoms with Crippen molar-refractivity contribution in [2.24, 2.45) is 0 Å². The molecule has 0 aliphatic carbocycles. The molecule has 2 rings (SSSR count). The summed E-state index contributed by atoms with van der Waals surface area (Å²) in [5.74, 6) is 0. The van der Waals surface area contributed by atoms with Gasteiger partial charge in [0.25, 0.3) is 0 Å². The lowest BCUT2D eigenvalue weighted by molar-refractivity contribution is -0.137. The van der Waals surface area contributed by atoms with Crippen LogP contribution in [0.3, 0.4) is 0 Å². The van der Waals surface area contributed by atoms with Gasteiger partial charge in [-0.1, -0.05) is 0 Å². The van der Waals surface area contributed by atoms with Crippen molar-refractivity contribution in [3.8, 4) is 0 Å². The zero-order valence-electron chi connectivity index (χ0n) is 6.84. The molecule has 0 aliphatic heterocycles. The number of pyridine rings is 2. The third-order valence-electron chi connectivity index (χ3n) is 1.70. The van der Waals surface area contributed by atoms with Crippen LogP contribution in [0, 0.1) is 6.20 Å². The van der Waals surface area contributed by atoms with Crippen LogP contribution in [-0.4, -0.2) is 9.97 Å². The summed E-state index contributed by atoms with van der Waals surface area (Å²) in [6.45, 7) is 0. The largest absolute Gasteiger partial charge is 0.418 e. The number of rotatable bonds is 0. The molecule has 0 fully saturated rings. The second-order valence-electron chi connectivity index (χ2n) is 2.69. The lowest BCUT2D eigenvalue weighted by atomic mass is 10.2. The Balaban J connectivity index is 2.63. The number of hydrogen-bond acceptors (Lipinski definition) is 2. The Kier molecular flexibility index (Phi) is 1.87. The van der Waals surface area contributed by atoms with Gasteiger partial charge in [-0.05, 0) is 18.2 Å². The number of alkyl halides is 3. The number of aromatic nitrogens is 2. The molecular formula is C9H4F3N2. The van der Waals surface area contributed by atoms with Gasteiger partial charge in [0.2, 0.25) is 0 Å². The average molecular weight is 197 g/mol. The molecule has 5 heteroatoms.